The van der Waals surface area contributed by atoms with Gasteiger partial charge in [0, 0.05) is 10.6 Å². The van der Waals surface area contributed by atoms with E-state index in [1.54, 1.807) is 24.3 Å². The maximum atomic E-state index is 10.2. The number of halogens is 1. The van der Waals surface area contributed by atoms with Crippen molar-refractivity contribution in [2.75, 3.05) is 12.3 Å². The Morgan fingerprint density at radius 1 is 1.23 bits per heavy atom. The molecule has 136 valence electrons. The van der Waals surface area contributed by atoms with E-state index < -0.39 is 31.1 Å². The summed E-state index contributed by atoms with van der Waals surface area (Å²) in [6.07, 6.45) is -4.60. The zero-order valence-electron chi connectivity index (χ0n) is 13.3. The summed E-state index contributed by atoms with van der Waals surface area (Å²) in [6.45, 7) is -0.452. The van der Waals surface area contributed by atoms with Gasteiger partial charge < -0.3 is 25.8 Å². The summed E-state index contributed by atoms with van der Waals surface area (Å²) in [4.78, 5) is 8.63. The van der Waals surface area contributed by atoms with E-state index in [4.69, 9.17) is 22.1 Å². The average molecular weight is 379 g/mol. The quantitative estimate of drug-likeness (QED) is 0.482. The standard InChI is InChI=1S/C15H15ClN6O4/c16-7-3-1-2-6(4-7)13-18-12(17)9-14(19-13)22(21-20-9)15-11(25)10(24)8(5-23)26-15/h1-4,8,10-11,15,23-25H,5H2,(H2,17,18,19)/t8-,10-,11-,15-/m1/s1. The van der Waals surface area contributed by atoms with Crippen molar-refractivity contribution in [2.45, 2.75) is 24.5 Å². The smallest absolute Gasteiger partial charge is 0.187 e. The SMILES string of the molecule is Nc1nc(-c2cccc(Cl)c2)nc2c1nnn2[C@@H]1O[C@H](CO)[C@@H](O)[C@H]1O. The van der Waals surface area contributed by atoms with E-state index in [1.807, 2.05) is 0 Å². The molecule has 1 saturated heterocycles. The number of anilines is 1. The van der Waals surface area contributed by atoms with Crippen LogP contribution < -0.4 is 5.73 Å². The van der Waals surface area contributed by atoms with Gasteiger partial charge in [-0.05, 0) is 12.1 Å². The van der Waals surface area contributed by atoms with Crippen LogP contribution in [0.3, 0.4) is 0 Å². The number of nitrogens with two attached hydrogens (primary N) is 1. The Hall–Kier alpha value is -2.37. The highest BCUT2D eigenvalue weighted by atomic mass is 35.5. The van der Waals surface area contributed by atoms with Crippen LogP contribution in [-0.2, 0) is 4.74 Å². The van der Waals surface area contributed by atoms with Gasteiger partial charge in [0.25, 0.3) is 0 Å². The largest absolute Gasteiger partial charge is 0.394 e. The minimum Gasteiger partial charge on any atom is -0.394 e. The Kier molecular flexibility index (Phi) is 4.21. The number of fused-ring (bicyclic) bond motifs is 1. The van der Waals surface area contributed by atoms with E-state index in [0.717, 1.165) is 0 Å². The van der Waals surface area contributed by atoms with Crippen LogP contribution in [-0.4, -0.2) is 65.2 Å². The number of ether oxygens (including phenoxy) is 1. The molecule has 0 unspecified atom stereocenters. The van der Waals surface area contributed by atoms with Gasteiger partial charge in [0.2, 0.25) is 0 Å². The summed E-state index contributed by atoms with van der Waals surface area (Å²) in [5, 5.41) is 37.8. The highest BCUT2D eigenvalue weighted by molar-refractivity contribution is 6.30. The van der Waals surface area contributed by atoms with Crippen molar-refractivity contribution in [2.24, 2.45) is 0 Å². The summed E-state index contributed by atoms with van der Waals surface area (Å²) < 4.78 is 6.69. The average Bonchev–Trinajstić information content (AvgIpc) is 3.17. The molecule has 1 aromatic carbocycles. The molecular weight excluding hydrogens is 364 g/mol. The van der Waals surface area contributed by atoms with E-state index in [0.29, 0.717) is 16.4 Å². The maximum Gasteiger partial charge on any atom is 0.187 e. The fraction of sp³-hybridized carbons (Fsp3) is 0.333. The van der Waals surface area contributed by atoms with Crippen LogP contribution in [0.5, 0.6) is 0 Å². The van der Waals surface area contributed by atoms with Crippen molar-refractivity contribution in [1.29, 1.82) is 0 Å². The highest BCUT2D eigenvalue weighted by Crippen LogP contribution is 2.32. The molecule has 1 aliphatic heterocycles. The molecule has 0 radical (unpaired) electrons. The van der Waals surface area contributed by atoms with Crippen LogP contribution in [0.4, 0.5) is 5.82 Å². The molecule has 5 N–H and O–H groups in total. The predicted molar refractivity (Wildman–Crippen MR) is 91.0 cm³/mol. The van der Waals surface area contributed by atoms with Crippen LogP contribution in [0, 0.1) is 0 Å². The first-order valence-corrected chi connectivity index (χ1v) is 8.14. The van der Waals surface area contributed by atoms with Gasteiger partial charge in [0.1, 0.15) is 18.3 Å². The fourth-order valence-corrected chi connectivity index (χ4v) is 3.05. The van der Waals surface area contributed by atoms with Crippen molar-refractivity contribution >= 4 is 28.6 Å². The Balaban J connectivity index is 1.82. The maximum absolute atomic E-state index is 10.2. The minimum atomic E-state index is -1.32. The summed E-state index contributed by atoms with van der Waals surface area (Å²) in [5.41, 5.74) is 7.06. The number of aliphatic hydroxyl groups excluding tert-OH is 3. The second-order valence-electron chi connectivity index (χ2n) is 5.88. The van der Waals surface area contributed by atoms with Gasteiger partial charge in [-0.25, -0.2) is 9.97 Å². The second-order valence-corrected chi connectivity index (χ2v) is 6.31. The van der Waals surface area contributed by atoms with Gasteiger partial charge in [0.05, 0.1) is 6.61 Å². The normalized spacial score (nSPS) is 25.8. The van der Waals surface area contributed by atoms with E-state index in [9.17, 15) is 15.3 Å². The Bertz CT molecular complexity index is 966. The molecule has 4 rings (SSSR count). The summed E-state index contributed by atoms with van der Waals surface area (Å²) in [5.74, 6) is 0.399. The summed E-state index contributed by atoms with van der Waals surface area (Å²) in [6, 6.07) is 6.93. The molecule has 1 aliphatic rings. The highest BCUT2D eigenvalue weighted by Gasteiger charge is 2.44. The number of aromatic nitrogens is 5. The Morgan fingerprint density at radius 2 is 2.04 bits per heavy atom. The molecule has 10 nitrogen and oxygen atoms in total. The molecular formula is C15H15ClN6O4. The first-order chi connectivity index (χ1) is 12.5. The molecule has 0 bridgehead atoms. The summed E-state index contributed by atoms with van der Waals surface area (Å²) >= 11 is 6.01. The van der Waals surface area contributed by atoms with Crippen molar-refractivity contribution in [3.05, 3.63) is 29.3 Å². The first-order valence-electron chi connectivity index (χ1n) is 7.76. The summed E-state index contributed by atoms with van der Waals surface area (Å²) in [7, 11) is 0. The molecule has 1 fully saturated rings. The molecule has 0 amide bonds. The van der Waals surface area contributed by atoms with Crippen molar-refractivity contribution in [3.8, 4) is 11.4 Å². The molecule has 0 aliphatic carbocycles. The molecule has 2 aromatic heterocycles. The van der Waals surface area contributed by atoms with Crippen LogP contribution in [0.15, 0.2) is 24.3 Å². The van der Waals surface area contributed by atoms with E-state index in [2.05, 4.69) is 20.3 Å². The number of hydrogen-bond donors (Lipinski definition) is 4. The van der Waals surface area contributed by atoms with Gasteiger partial charge in [-0.1, -0.05) is 28.9 Å². The molecule has 4 atom stereocenters. The third kappa shape index (κ3) is 2.68. The number of aliphatic hydroxyl groups is 3. The monoisotopic (exact) mass is 378 g/mol. The van der Waals surface area contributed by atoms with Crippen LogP contribution in [0.1, 0.15) is 6.23 Å². The lowest BCUT2D eigenvalue weighted by atomic mass is 10.1. The number of nitrogens with zero attached hydrogens (tertiary/aromatic N) is 5. The van der Waals surface area contributed by atoms with Crippen LogP contribution in [0.25, 0.3) is 22.6 Å². The van der Waals surface area contributed by atoms with Crippen molar-refractivity contribution in [1.82, 2.24) is 25.0 Å². The first kappa shape index (κ1) is 17.1. The number of nitrogen functional groups attached to an aromatic ring is 1. The minimum absolute atomic E-state index is 0.1000. The van der Waals surface area contributed by atoms with Gasteiger partial charge in [-0.3, -0.25) is 0 Å². The van der Waals surface area contributed by atoms with Crippen molar-refractivity contribution in [3.63, 3.8) is 0 Å². The van der Waals surface area contributed by atoms with Gasteiger partial charge >= 0.3 is 0 Å². The lowest BCUT2D eigenvalue weighted by Gasteiger charge is -2.15. The Morgan fingerprint density at radius 3 is 2.73 bits per heavy atom. The zero-order chi connectivity index (χ0) is 18.4. The van der Waals surface area contributed by atoms with E-state index in [-0.39, 0.29) is 17.0 Å². The fourth-order valence-electron chi connectivity index (χ4n) is 2.86. The zero-order valence-corrected chi connectivity index (χ0v) is 14.0. The number of benzene rings is 1. The number of rotatable bonds is 3. The van der Waals surface area contributed by atoms with Crippen molar-refractivity contribution < 1.29 is 20.1 Å². The van der Waals surface area contributed by atoms with Crippen LogP contribution >= 0.6 is 11.6 Å². The molecule has 26 heavy (non-hydrogen) atoms. The lowest BCUT2D eigenvalue weighted by molar-refractivity contribution is -0.0574. The van der Waals surface area contributed by atoms with Gasteiger partial charge in [-0.2, -0.15) is 4.68 Å². The second kappa shape index (κ2) is 6.41. The van der Waals surface area contributed by atoms with E-state index in [1.165, 1.54) is 4.68 Å². The molecule has 3 heterocycles. The van der Waals surface area contributed by atoms with Gasteiger partial charge in [-0.15, -0.1) is 5.10 Å². The topological polar surface area (TPSA) is 152 Å². The third-order valence-corrected chi connectivity index (χ3v) is 4.43. The third-order valence-electron chi connectivity index (χ3n) is 4.19. The molecule has 3 aromatic rings. The molecule has 0 spiro atoms. The molecule has 0 saturated carbocycles. The molecule has 11 heteroatoms. The Labute approximate surface area is 151 Å². The number of hydrogen-bond acceptors (Lipinski definition) is 9. The van der Waals surface area contributed by atoms with Crippen LogP contribution in [0.2, 0.25) is 5.02 Å². The predicted octanol–water partition coefficient (Wildman–Crippen LogP) is -0.265. The van der Waals surface area contributed by atoms with Gasteiger partial charge in [0.15, 0.2) is 29.0 Å². The van der Waals surface area contributed by atoms with E-state index >= 15 is 0 Å². The lowest BCUT2D eigenvalue weighted by Crippen LogP contribution is -2.33.